The maximum atomic E-state index is 12.3. The van der Waals surface area contributed by atoms with Crippen molar-refractivity contribution >= 4 is 22.6 Å². The number of hydrogen-bond donors (Lipinski definition) is 0. The molecule has 0 bridgehead atoms. The minimum Gasteiger partial charge on any atom is -0.497 e. The van der Waals surface area contributed by atoms with E-state index in [1.807, 2.05) is 36.4 Å². The van der Waals surface area contributed by atoms with Gasteiger partial charge < -0.3 is 14.4 Å². The Labute approximate surface area is 159 Å². The van der Waals surface area contributed by atoms with Gasteiger partial charge in [0, 0.05) is 13.6 Å². The molecular formula is C22H25NO4. The van der Waals surface area contributed by atoms with Crippen molar-refractivity contribution in [2.24, 2.45) is 5.92 Å². The zero-order chi connectivity index (χ0) is 19.2. The number of methoxy groups -OCH3 is 1. The van der Waals surface area contributed by atoms with Gasteiger partial charge in [0.2, 0.25) is 0 Å². The molecule has 5 heteroatoms. The highest BCUT2D eigenvalue weighted by molar-refractivity contribution is 5.85. The SMILES string of the molecule is COc1ccc2cc(CN(C)C(=O)COC(=O)[C@H]3CC=CCC3)ccc2c1. The van der Waals surface area contributed by atoms with Crippen molar-refractivity contribution in [3.05, 3.63) is 54.1 Å². The molecule has 0 fully saturated rings. The van der Waals surface area contributed by atoms with Crippen LogP contribution in [0.3, 0.4) is 0 Å². The lowest BCUT2D eigenvalue weighted by Crippen LogP contribution is -2.32. The summed E-state index contributed by atoms with van der Waals surface area (Å²) in [4.78, 5) is 25.9. The lowest BCUT2D eigenvalue weighted by atomic mass is 9.95. The van der Waals surface area contributed by atoms with Crippen molar-refractivity contribution in [1.29, 1.82) is 0 Å². The van der Waals surface area contributed by atoms with Gasteiger partial charge in [0.15, 0.2) is 6.61 Å². The second-order valence-electron chi connectivity index (χ2n) is 6.89. The van der Waals surface area contributed by atoms with E-state index in [1.165, 1.54) is 0 Å². The van der Waals surface area contributed by atoms with Crippen molar-refractivity contribution in [3.8, 4) is 5.75 Å². The third-order valence-electron chi connectivity index (χ3n) is 4.90. The van der Waals surface area contributed by atoms with Crippen LogP contribution in [-0.4, -0.2) is 37.5 Å². The number of carbonyl (C=O) groups is 2. The van der Waals surface area contributed by atoms with Gasteiger partial charge in [-0.1, -0.05) is 30.4 Å². The largest absolute Gasteiger partial charge is 0.497 e. The molecule has 0 unspecified atom stereocenters. The highest BCUT2D eigenvalue weighted by atomic mass is 16.5. The van der Waals surface area contributed by atoms with Gasteiger partial charge in [0.1, 0.15) is 5.75 Å². The Morgan fingerprint density at radius 2 is 1.89 bits per heavy atom. The van der Waals surface area contributed by atoms with Crippen LogP contribution < -0.4 is 4.74 Å². The number of esters is 1. The predicted molar refractivity (Wildman–Crippen MR) is 104 cm³/mol. The third kappa shape index (κ3) is 4.88. The van der Waals surface area contributed by atoms with E-state index >= 15 is 0 Å². The first-order chi connectivity index (χ1) is 13.1. The minimum absolute atomic E-state index is 0.120. The number of amides is 1. The fraction of sp³-hybridized carbons (Fsp3) is 0.364. The van der Waals surface area contributed by atoms with Gasteiger partial charge in [0.05, 0.1) is 13.0 Å². The minimum atomic E-state index is -0.277. The molecule has 1 aliphatic rings. The summed E-state index contributed by atoms with van der Waals surface area (Å²) in [5.74, 6) is 0.216. The maximum Gasteiger partial charge on any atom is 0.309 e. The highest BCUT2D eigenvalue weighted by Crippen LogP contribution is 2.22. The van der Waals surface area contributed by atoms with E-state index in [1.54, 1.807) is 19.1 Å². The molecule has 2 aromatic rings. The summed E-state index contributed by atoms with van der Waals surface area (Å²) in [7, 11) is 3.37. The molecule has 0 aliphatic heterocycles. The number of rotatable bonds is 6. The van der Waals surface area contributed by atoms with Crippen molar-refractivity contribution < 1.29 is 19.1 Å². The third-order valence-corrected chi connectivity index (χ3v) is 4.90. The number of hydrogen-bond acceptors (Lipinski definition) is 4. The molecule has 0 heterocycles. The maximum absolute atomic E-state index is 12.3. The standard InChI is InChI=1S/C22H25NO4/c1-23(21(24)15-27-22(25)17-6-4-3-5-7-17)14-16-8-9-19-13-20(26-2)11-10-18(19)12-16/h3-4,8-13,17H,5-7,14-15H2,1-2H3/t17-/m0/s1. The number of ether oxygens (including phenoxy) is 2. The summed E-state index contributed by atoms with van der Waals surface area (Å²) in [5, 5.41) is 2.17. The predicted octanol–water partition coefficient (Wildman–Crippen LogP) is 3.71. The first-order valence-electron chi connectivity index (χ1n) is 9.19. The number of carbonyl (C=O) groups excluding carboxylic acids is 2. The van der Waals surface area contributed by atoms with E-state index in [2.05, 4.69) is 12.1 Å². The molecule has 3 rings (SSSR count). The Kier molecular flexibility index (Phi) is 6.12. The van der Waals surface area contributed by atoms with E-state index in [4.69, 9.17) is 9.47 Å². The molecule has 2 aromatic carbocycles. The molecule has 1 atom stereocenters. The molecule has 1 aliphatic carbocycles. The Hall–Kier alpha value is -2.82. The van der Waals surface area contributed by atoms with E-state index in [0.29, 0.717) is 13.0 Å². The topological polar surface area (TPSA) is 55.8 Å². The van der Waals surface area contributed by atoms with Crippen molar-refractivity contribution in [1.82, 2.24) is 4.90 Å². The van der Waals surface area contributed by atoms with Crippen LogP contribution in [0.5, 0.6) is 5.75 Å². The molecule has 0 N–H and O–H groups in total. The Bertz CT molecular complexity index is 859. The summed E-state index contributed by atoms with van der Waals surface area (Å²) in [5.41, 5.74) is 1.02. The number of allylic oxidation sites excluding steroid dienone is 2. The number of fused-ring (bicyclic) bond motifs is 1. The zero-order valence-corrected chi connectivity index (χ0v) is 15.8. The lowest BCUT2D eigenvalue weighted by Gasteiger charge is -2.20. The van der Waals surface area contributed by atoms with Gasteiger partial charge >= 0.3 is 5.97 Å². The molecule has 0 spiro atoms. The van der Waals surface area contributed by atoms with Crippen LogP contribution in [0.4, 0.5) is 0 Å². The van der Waals surface area contributed by atoms with Crippen molar-refractivity contribution in [3.63, 3.8) is 0 Å². The first-order valence-corrected chi connectivity index (χ1v) is 9.19. The summed E-state index contributed by atoms with van der Waals surface area (Å²) in [6.07, 6.45) is 6.45. The monoisotopic (exact) mass is 367 g/mol. The van der Waals surface area contributed by atoms with Crippen LogP contribution in [0.25, 0.3) is 10.8 Å². The molecule has 0 aromatic heterocycles. The fourth-order valence-electron chi connectivity index (χ4n) is 3.23. The van der Waals surface area contributed by atoms with Gasteiger partial charge in [-0.15, -0.1) is 0 Å². The summed E-state index contributed by atoms with van der Waals surface area (Å²) in [6.45, 7) is 0.255. The van der Waals surface area contributed by atoms with Gasteiger partial charge in [-0.3, -0.25) is 9.59 Å². The Balaban J connectivity index is 1.55. The molecular weight excluding hydrogens is 342 g/mol. The molecule has 142 valence electrons. The van der Waals surface area contributed by atoms with E-state index < -0.39 is 0 Å². The van der Waals surface area contributed by atoms with Gasteiger partial charge in [-0.25, -0.2) is 0 Å². The van der Waals surface area contributed by atoms with Gasteiger partial charge in [0.25, 0.3) is 5.91 Å². The second kappa shape index (κ2) is 8.71. The zero-order valence-electron chi connectivity index (χ0n) is 15.8. The van der Waals surface area contributed by atoms with Crippen LogP contribution >= 0.6 is 0 Å². The molecule has 1 amide bonds. The number of benzene rings is 2. The normalized spacial score (nSPS) is 16.1. The van der Waals surface area contributed by atoms with E-state index in [-0.39, 0.29) is 24.4 Å². The van der Waals surface area contributed by atoms with Crippen molar-refractivity contribution in [2.75, 3.05) is 20.8 Å². The highest BCUT2D eigenvalue weighted by Gasteiger charge is 2.21. The number of likely N-dealkylation sites (N-methyl/N-ethyl adjacent to an activating group) is 1. The van der Waals surface area contributed by atoms with E-state index in [9.17, 15) is 9.59 Å². The molecule has 0 saturated carbocycles. The average molecular weight is 367 g/mol. The summed E-state index contributed by atoms with van der Waals surface area (Å²) >= 11 is 0. The van der Waals surface area contributed by atoms with Crippen LogP contribution in [0, 0.1) is 5.92 Å². The van der Waals surface area contributed by atoms with Crippen molar-refractivity contribution in [2.45, 2.75) is 25.8 Å². The van der Waals surface area contributed by atoms with Crippen LogP contribution in [0.2, 0.25) is 0 Å². The van der Waals surface area contributed by atoms with Crippen LogP contribution in [0.1, 0.15) is 24.8 Å². The summed E-state index contributed by atoms with van der Waals surface area (Å²) < 4.78 is 10.5. The van der Waals surface area contributed by atoms with Crippen LogP contribution in [0.15, 0.2) is 48.6 Å². The molecule has 0 radical (unpaired) electrons. The van der Waals surface area contributed by atoms with Crippen LogP contribution in [-0.2, 0) is 20.9 Å². The second-order valence-corrected chi connectivity index (χ2v) is 6.89. The molecule has 27 heavy (non-hydrogen) atoms. The first kappa shape index (κ1) is 19.0. The van der Waals surface area contributed by atoms with E-state index in [0.717, 1.165) is 34.9 Å². The van der Waals surface area contributed by atoms with Gasteiger partial charge in [-0.05, 0) is 53.8 Å². The molecule has 0 saturated heterocycles. The van der Waals surface area contributed by atoms with Gasteiger partial charge in [-0.2, -0.15) is 0 Å². The quantitative estimate of drug-likeness (QED) is 0.577. The average Bonchev–Trinajstić information content (AvgIpc) is 2.71. The number of nitrogens with zero attached hydrogens (tertiary/aromatic N) is 1. The Morgan fingerprint density at radius 3 is 2.63 bits per heavy atom. The lowest BCUT2D eigenvalue weighted by molar-refractivity contribution is -0.155. The molecule has 5 nitrogen and oxygen atoms in total. The Morgan fingerprint density at radius 1 is 1.11 bits per heavy atom. The summed E-state index contributed by atoms with van der Waals surface area (Å²) in [6, 6.07) is 12.0. The smallest absolute Gasteiger partial charge is 0.309 e. The fourth-order valence-corrected chi connectivity index (χ4v) is 3.23.